The molecule has 2 aromatic rings. The van der Waals surface area contributed by atoms with Crippen LogP contribution in [0.5, 0.6) is 23.0 Å². The Labute approximate surface area is 486 Å². The minimum atomic E-state index is -5.10. The fourth-order valence-corrected chi connectivity index (χ4v) is 9.97. The number of hydrogen-bond acceptors (Lipinski definition) is 11. The monoisotopic (exact) mass is 1010 g/mol. The van der Waals surface area contributed by atoms with E-state index in [4.69, 9.17) is 18.9 Å². The third kappa shape index (κ3) is 30.3. The van der Waals surface area contributed by atoms with Crippen molar-refractivity contribution in [1.29, 1.82) is 0 Å². The molecule has 0 saturated carbocycles. The second-order valence-corrected chi connectivity index (χ2v) is 20.7. The standard InChI is InChI=1S/C51H86O11S2.2K/c1-5-7-9-11-13-15-17-19-21-23-25-27-29-31-37-61-46-35-33-43(39-48(46)59-3)50(63(53,54)55)41-45(52)42-51(64(56,57)58)44-34-36-47(49(40-44)60-4)62-38-32-30-28-26-24-22-20-18-16-14-12-10-8-6-2;;/h33-36,39-40,50-51H,5-32,37-38,41-42H2,1-4H3,(H,53,54,55)(H,56,57,58);;/q;2*+1/p-2. The van der Waals surface area contributed by atoms with Gasteiger partial charge in [0.1, 0.15) is 26.0 Å². The SMILES string of the molecule is CCCCCCCCCCCCCCCCOc1ccc(C(CC(=O)CC(c2ccc(OCCCCCCCCCCCCCCCC)c(OC)c2)S(=O)(=O)[O-])S(=O)(=O)[O-])cc1OC.[K+].[K+]. The number of hydrogen-bond donors (Lipinski definition) is 0. The molecular formula is C51H84K2O11S2. The van der Waals surface area contributed by atoms with E-state index in [0.717, 1.165) is 38.5 Å². The normalized spacial score (nSPS) is 12.5. The van der Waals surface area contributed by atoms with Gasteiger partial charge in [-0.3, -0.25) is 4.79 Å². The molecule has 0 aromatic heterocycles. The van der Waals surface area contributed by atoms with E-state index in [2.05, 4.69) is 13.8 Å². The molecule has 2 rings (SSSR count). The van der Waals surface area contributed by atoms with Crippen LogP contribution in [0.1, 0.15) is 228 Å². The van der Waals surface area contributed by atoms with Gasteiger partial charge in [-0.1, -0.05) is 193 Å². The van der Waals surface area contributed by atoms with Crippen LogP contribution in [-0.2, 0) is 25.0 Å². The third-order valence-electron chi connectivity index (χ3n) is 12.2. The Morgan fingerprint density at radius 1 is 0.439 bits per heavy atom. The zero-order valence-corrected chi connectivity index (χ0v) is 49.9. The van der Waals surface area contributed by atoms with Crippen molar-refractivity contribution in [2.45, 2.75) is 217 Å². The van der Waals surface area contributed by atoms with Gasteiger partial charge < -0.3 is 28.1 Å². The van der Waals surface area contributed by atoms with Crippen LogP contribution in [0.3, 0.4) is 0 Å². The first-order valence-corrected chi connectivity index (χ1v) is 27.8. The summed E-state index contributed by atoms with van der Waals surface area (Å²) in [6, 6.07) is 8.47. The van der Waals surface area contributed by atoms with Crippen LogP contribution in [0, 0.1) is 0 Å². The summed E-state index contributed by atoms with van der Waals surface area (Å²) in [5.74, 6) is 0.245. The molecule has 0 spiro atoms. The fraction of sp³-hybridized carbons (Fsp3) is 0.745. The fourth-order valence-electron chi connectivity index (χ4n) is 8.23. The van der Waals surface area contributed by atoms with Gasteiger partial charge in [-0.15, -0.1) is 0 Å². The molecule has 368 valence electrons. The van der Waals surface area contributed by atoms with Gasteiger partial charge in [0, 0.05) is 12.8 Å². The number of Topliss-reactive ketones (excluding diaryl/α,β-unsaturated/α-hetero) is 1. The van der Waals surface area contributed by atoms with E-state index >= 15 is 0 Å². The minimum absolute atomic E-state index is 0. The van der Waals surface area contributed by atoms with Gasteiger partial charge in [0.25, 0.3) is 0 Å². The molecule has 0 bridgehead atoms. The third-order valence-corrected chi connectivity index (χ3v) is 14.4. The van der Waals surface area contributed by atoms with Crippen LogP contribution in [0.25, 0.3) is 0 Å². The summed E-state index contributed by atoms with van der Waals surface area (Å²) in [5.41, 5.74) is -0.0138. The summed E-state index contributed by atoms with van der Waals surface area (Å²) < 4.78 is 97.8. The smallest absolute Gasteiger partial charge is 0.747 e. The molecule has 2 unspecified atom stereocenters. The van der Waals surface area contributed by atoms with Gasteiger partial charge in [0.05, 0.1) is 37.9 Å². The van der Waals surface area contributed by atoms with Gasteiger partial charge >= 0.3 is 103 Å². The van der Waals surface area contributed by atoms with Gasteiger partial charge in [-0.25, -0.2) is 16.8 Å². The second kappa shape index (κ2) is 40.9. The van der Waals surface area contributed by atoms with Crippen LogP contribution in [-0.4, -0.2) is 59.2 Å². The van der Waals surface area contributed by atoms with E-state index in [9.17, 15) is 30.7 Å². The van der Waals surface area contributed by atoms with Crippen LogP contribution in [0.4, 0.5) is 0 Å². The van der Waals surface area contributed by atoms with E-state index in [1.807, 2.05) is 0 Å². The van der Waals surface area contributed by atoms with Crippen LogP contribution in [0.2, 0.25) is 0 Å². The first-order chi connectivity index (χ1) is 30.8. The minimum Gasteiger partial charge on any atom is -0.747 e. The summed E-state index contributed by atoms with van der Waals surface area (Å²) in [5, 5.41) is -3.69. The largest absolute Gasteiger partial charge is 1.00 e. The number of carbonyl (C=O) groups is 1. The van der Waals surface area contributed by atoms with Crippen molar-refractivity contribution in [2.24, 2.45) is 0 Å². The average Bonchev–Trinajstić information content (AvgIpc) is 3.26. The van der Waals surface area contributed by atoms with Crippen molar-refractivity contribution in [2.75, 3.05) is 27.4 Å². The maximum Gasteiger partial charge on any atom is 1.00 e. The first-order valence-electron chi connectivity index (χ1n) is 24.9. The number of ether oxygens (including phenoxy) is 4. The maximum atomic E-state index is 13.4. The number of rotatable bonds is 42. The van der Waals surface area contributed by atoms with E-state index in [1.165, 1.54) is 192 Å². The van der Waals surface area contributed by atoms with Crippen LogP contribution in [0.15, 0.2) is 36.4 Å². The number of benzene rings is 2. The quantitative estimate of drug-likeness (QED) is 0.0364. The zero-order chi connectivity index (χ0) is 46.9. The molecule has 0 saturated heterocycles. The summed E-state index contributed by atoms with van der Waals surface area (Å²) in [6.07, 6.45) is 33.0. The van der Waals surface area contributed by atoms with Gasteiger partial charge in [0.15, 0.2) is 23.0 Å². The van der Waals surface area contributed by atoms with Crippen molar-refractivity contribution in [3.8, 4) is 23.0 Å². The molecule has 0 fully saturated rings. The van der Waals surface area contributed by atoms with E-state index in [-0.39, 0.29) is 125 Å². The Bertz CT molecular complexity index is 1630. The van der Waals surface area contributed by atoms with Crippen molar-refractivity contribution >= 4 is 26.0 Å². The summed E-state index contributed by atoms with van der Waals surface area (Å²) in [4.78, 5) is 13.4. The topological polar surface area (TPSA) is 168 Å². The summed E-state index contributed by atoms with van der Waals surface area (Å²) in [7, 11) is -7.43. The van der Waals surface area contributed by atoms with Crippen molar-refractivity contribution in [3.63, 3.8) is 0 Å². The van der Waals surface area contributed by atoms with Crippen molar-refractivity contribution < 1.29 is 152 Å². The van der Waals surface area contributed by atoms with E-state index in [0.29, 0.717) is 24.7 Å². The number of ketones is 1. The number of carbonyl (C=O) groups excluding carboxylic acids is 1. The van der Waals surface area contributed by atoms with Crippen LogP contribution < -0.4 is 122 Å². The van der Waals surface area contributed by atoms with Crippen molar-refractivity contribution in [3.05, 3.63) is 47.5 Å². The summed E-state index contributed by atoms with van der Waals surface area (Å²) in [6.45, 7) is 5.35. The molecule has 0 N–H and O–H groups in total. The Kier molecular flexibility index (Phi) is 41.2. The molecule has 0 aliphatic heterocycles. The Morgan fingerprint density at radius 2 is 0.697 bits per heavy atom. The molecular weight excluding hydrogens is 931 g/mol. The first kappa shape index (κ1) is 66.4. The molecule has 66 heavy (non-hydrogen) atoms. The predicted molar refractivity (Wildman–Crippen MR) is 257 cm³/mol. The molecule has 2 atom stereocenters. The molecule has 2 aromatic carbocycles. The second-order valence-electron chi connectivity index (χ2n) is 17.6. The predicted octanol–water partition coefficient (Wildman–Crippen LogP) is 7.65. The molecule has 0 heterocycles. The maximum absolute atomic E-state index is 13.4. The molecule has 15 heteroatoms. The van der Waals surface area contributed by atoms with Gasteiger partial charge in [0.2, 0.25) is 0 Å². The molecule has 0 amide bonds. The zero-order valence-electron chi connectivity index (χ0n) is 42.1. The van der Waals surface area contributed by atoms with E-state index < -0.39 is 49.4 Å². The Morgan fingerprint density at radius 3 is 0.939 bits per heavy atom. The average molecular weight is 1020 g/mol. The van der Waals surface area contributed by atoms with Crippen LogP contribution >= 0.6 is 0 Å². The van der Waals surface area contributed by atoms with Crippen molar-refractivity contribution in [1.82, 2.24) is 0 Å². The van der Waals surface area contributed by atoms with E-state index in [1.54, 1.807) is 0 Å². The van der Waals surface area contributed by atoms with Gasteiger partial charge in [-0.05, 0) is 48.2 Å². The number of unbranched alkanes of at least 4 members (excludes halogenated alkanes) is 26. The molecule has 0 aliphatic rings. The Hall–Kier alpha value is 0.403. The Balaban J connectivity index is 0.0000211. The van der Waals surface area contributed by atoms with Gasteiger partial charge in [-0.2, -0.15) is 0 Å². The molecule has 11 nitrogen and oxygen atoms in total. The molecule has 0 aliphatic carbocycles. The summed E-state index contributed by atoms with van der Waals surface area (Å²) >= 11 is 0. The number of methoxy groups -OCH3 is 2. The molecule has 0 radical (unpaired) electrons.